The fraction of sp³-hybridized carbons (Fsp3) is 0.385. The molecule has 2 rings (SSSR count). The van der Waals surface area contributed by atoms with Gasteiger partial charge in [-0.25, -0.2) is 0 Å². The fourth-order valence-electron chi connectivity index (χ4n) is 1.82. The van der Waals surface area contributed by atoms with Crippen LogP contribution in [0.2, 0.25) is 0 Å². The van der Waals surface area contributed by atoms with Crippen LogP contribution in [0.15, 0.2) is 30.7 Å². The van der Waals surface area contributed by atoms with Crippen molar-refractivity contribution in [2.24, 2.45) is 0 Å². The average molecular weight is 230 g/mol. The molecule has 0 spiro atoms. The van der Waals surface area contributed by atoms with Crippen LogP contribution in [-0.2, 0) is 19.6 Å². The lowest BCUT2D eigenvalue weighted by molar-refractivity contribution is 0.633. The van der Waals surface area contributed by atoms with Gasteiger partial charge in [0.25, 0.3) is 0 Å². The molecule has 0 aliphatic heterocycles. The summed E-state index contributed by atoms with van der Waals surface area (Å²) in [5.41, 5.74) is 3.70. The van der Waals surface area contributed by atoms with Gasteiger partial charge in [0.1, 0.15) is 0 Å². The van der Waals surface area contributed by atoms with Crippen LogP contribution in [0.1, 0.15) is 23.7 Å². The highest BCUT2D eigenvalue weighted by atomic mass is 15.3. The molecule has 0 bridgehead atoms. The van der Waals surface area contributed by atoms with Crippen LogP contribution >= 0.6 is 0 Å². The van der Waals surface area contributed by atoms with Crippen molar-refractivity contribution in [3.8, 4) is 0 Å². The molecule has 0 amide bonds. The lowest BCUT2D eigenvalue weighted by Gasteiger charge is -2.05. The van der Waals surface area contributed by atoms with Gasteiger partial charge >= 0.3 is 0 Å². The normalized spacial score (nSPS) is 10.7. The van der Waals surface area contributed by atoms with Gasteiger partial charge in [0.2, 0.25) is 0 Å². The number of hydrogen-bond acceptors (Lipinski definition) is 3. The first-order valence-corrected chi connectivity index (χ1v) is 5.92. The van der Waals surface area contributed by atoms with Crippen molar-refractivity contribution in [3.63, 3.8) is 0 Å². The molecular weight excluding hydrogens is 212 g/mol. The van der Waals surface area contributed by atoms with Gasteiger partial charge in [0, 0.05) is 43.3 Å². The van der Waals surface area contributed by atoms with E-state index in [1.807, 2.05) is 23.1 Å². The molecule has 0 unspecified atom stereocenters. The molecule has 4 nitrogen and oxygen atoms in total. The van der Waals surface area contributed by atoms with Crippen molar-refractivity contribution in [3.05, 3.63) is 47.5 Å². The molecule has 2 aromatic heterocycles. The lowest BCUT2D eigenvalue weighted by atomic mass is 10.2. The maximum atomic E-state index is 4.32. The Morgan fingerprint density at radius 1 is 1.29 bits per heavy atom. The molecule has 0 radical (unpaired) electrons. The largest absolute Gasteiger partial charge is 0.308 e. The molecular formula is C13H18N4. The third-order valence-corrected chi connectivity index (χ3v) is 2.87. The lowest BCUT2D eigenvalue weighted by Crippen LogP contribution is -2.13. The Bertz CT molecular complexity index is 462. The third-order valence-electron chi connectivity index (χ3n) is 2.87. The Morgan fingerprint density at radius 3 is 2.82 bits per heavy atom. The van der Waals surface area contributed by atoms with E-state index in [0.29, 0.717) is 0 Å². The summed E-state index contributed by atoms with van der Waals surface area (Å²) >= 11 is 0. The van der Waals surface area contributed by atoms with Crippen molar-refractivity contribution in [1.82, 2.24) is 20.1 Å². The van der Waals surface area contributed by atoms with Crippen molar-refractivity contribution >= 4 is 0 Å². The predicted octanol–water partition coefficient (Wildman–Crippen LogP) is 1.90. The van der Waals surface area contributed by atoms with E-state index in [4.69, 9.17) is 0 Å². The van der Waals surface area contributed by atoms with E-state index in [9.17, 15) is 0 Å². The van der Waals surface area contributed by atoms with Crippen LogP contribution in [0.25, 0.3) is 0 Å². The molecule has 0 aromatic carbocycles. The van der Waals surface area contributed by atoms with E-state index < -0.39 is 0 Å². The highest BCUT2D eigenvalue weighted by Crippen LogP contribution is 2.06. The van der Waals surface area contributed by atoms with Gasteiger partial charge in [-0.2, -0.15) is 5.10 Å². The van der Waals surface area contributed by atoms with Crippen molar-refractivity contribution in [2.75, 3.05) is 0 Å². The summed E-state index contributed by atoms with van der Waals surface area (Å²) in [6.45, 7) is 6.82. The summed E-state index contributed by atoms with van der Waals surface area (Å²) in [5, 5.41) is 7.73. The Kier molecular flexibility index (Phi) is 3.88. The second kappa shape index (κ2) is 5.59. The standard InChI is InChI=1S/C13H18N4/c1-3-17-11(2)13(10-16-17)9-15-8-12-5-4-6-14-7-12/h4-7,10,15H,3,8-9H2,1-2H3. The number of aryl methyl sites for hydroxylation is 1. The number of hydrogen-bond donors (Lipinski definition) is 1. The first kappa shape index (κ1) is 11.8. The highest BCUT2D eigenvalue weighted by Gasteiger charge is 2.04. The summed E-state index contributed by atoms with van der Waals surface area (Å²) < 4.78 is 2.01. The summed E-state index contributed by atoms with van der Waals surface area (Å²) in [5.74, 6) is 0. The maximum Gasteiger partial charge on any atom is 0.0537 e. The number of rotatable bonds is 5. The van der Waals surface area contributed by atoms with Gasteiger partial charge in [-0.05, 0) is 25.5 Å². The number of nitrogens with zero attached hydrogens (tertiary/aromatic N) is 3. The summed E-state index contributed by atoms with van der Waals surface area (Å²) in [6.07, 6.45) is 5.61. The molecule has 2 heterocycles. The second-order valence-corrected chi connectivity index (χ2v) is 4.04. The fourth-order valence-corrected chi connectivity index (χ4v) is 1.82. The number of aromatic nitrogens is 3. The first-order valence-electron chi connectivity index (χ1n) is 5.92. The first-order chi connectivity index (χ1) is 8.31. The van der Waals surface area contributed by atoms with Crippen molar-refractivity contribution < 1.29 is 0 Å². The molecule has 0 aliphatic carbocycles. The molecule has 0 aliphatic rings. The SMILES string of the molecule is CCn1ncc(CNCc2cccnc2)c1C. The van der Waals surface area contributed by atoms with E-state index in [1.54, 1.807) is 6.20 Å². The molecule has 90 valence electrons. The molecule has 2 aromatic rings. The van der Waals surface area contributed by atoms with Gasteiger partial charge in [0.15, 0.2) is 0 Å². The molecule has 0 fully saturated rings. The number of nitrogens with one attached hydrogen (secondary N) is 1. The summed E-state index contributed by atoms with van der Waals surface area (Å²) in [4.78, 5) is 4.09. The van der Waals surface area contributed by atoms with Gasteiger partial charge in [-0.15, -0.1) is 0 Å². The molecule has 0 saturated carbocycles. The Hall–Kier alpha value is -1.68. The Morgan fingerprint density at radius 2 is 2.18 bits per heavy atom. The Labute approximate surface area is 102 Å². The zero-order valence-electron chi connectivity index (χ0n) is 10.3. The van der Waals surface area contributed by atoms with Gasteiger partial charge in [-0.3, -0.25) is 9.67 Å². The van der Waals surface area contributed by atoms with Crippen molar-refractivity contribution in [2.45, 2.75) is 33.5 Å². The molecule has 1 N–H and O–H groups in total. The zero-order valence-corrected chi connectivity index (χ0v) is 10.3. The third kappa shape index (κ3) is 2.91. The molecule has 4 heteroatoms. The van der Waals surface area contributed by atoms with Crippen LogP contribution in [0.5, 0.6) is 0 Å². The molecule has 0 saturated heterocycles. The monoisotopic (exact) mass is 230 g/mol. The van der Waals surface area contributed by atoms with Gasteiger partial charge in [-0.1, -0.05) is 6.07 Å². The zero-order chi connectivity index (χ0) is 12.1. The summed E-state index contributed by atoms with van der Waals surface area (Å²) in [7, 11) is 0. The van der Waals surface area contributed by atoms with Crippen LogP contribution in [0.3, 0.4) is 0 Å². The molecule has 0 atom stereocenters. The van der Waals surface area contributed by atoms with E-state index in [0.717, 1.165) is 19.6 Å². The predicted molar refractivity (Wildman–Crippen MR) is 67.4 cm³/mol. The van der Waals surface area contributed by atoms with E-state index in [1.165, 1.54) is 16.8 Å². The molecule has 17 heavy (non-hydrogen) atoms. The van der Waals surface area contributed by atoms with E-state index in [-0.39, 0.29) is 0 Å². The number of pyridine rings is 1. The highest BCUT2D eigenvalue weighted by molar-refractivity contribution is 5.16. The average Bonchev–Trinajstić information content (AvgIpc) is 2.72. The topological polar surface area (TPSA) is 42.7 Å². The maximum absolute atomic E-state index is 4.32. The van der Waals surface area contributed by atoms with Crippen molar-refractivity contribution in [1.29, 1.82) is 0 Å². The van der Waals surface area contributed by atoms with E-state index in [2.05, 4.69) is 35.3 Å². The van der Waals surface area contributed by atoms with Gasteiger partial charge < -0.3 is 5.32 Å². The summed E-state index contributed by atoms with van der Waals surface area (Å²) in [6, 6.07) is 4.03. The van der Waals surface area contributed by atoms with Crippen LogP contribution in [0.4, 0.5) is 0 Å². The van der Waals surface area contributed by atoms with Crippen LogP contribution in [-0.4, -0.2) is 14.8 Å². The van der Waals surface area contributed by atoms with Crippen LogP contribution < -0.4 is 5.32 Å². The minimum absolute atomic E-state index is 0.838. The van der Waals surface area contributed by atoms with Gasteiger partial charge in [0.05, 0.1) is 6.20 Å². The quantitative estimate of drug-likeness (QED) is 0.853. The second-order valence-electron chi connectivity index (χ2n) is 4.04. The van der Waals surface area contributed by atoms with E-state index >= 15 is 0 Å². The minimum Gasteiger partial charge on any atom is -0.308 e. The van der Waals surface area contributed by atoms with Crippen LogP contribution in [0, 0.1) is 6.92 Å². The Balaban J connectivity index is 1.88. The smallest absolute Gasteiger partial charge is 0.0537 e. The minimum atomic E-state index is 0.838.